The van der Waals surface area contributed by atoms with Gasteiger partial charge >= 0.3 is 0 Å². The number of benzene rings is 1. The molecule has 0 saturated carbocycles. The Bertz CT molecular complexity index is 254. The summed E-state index contributed by atoms with van der Waals surface area (Å²) in [4.78, 5) is 0. The zero-order valence-electron chi connectivity index (χ0n) is 7.56. The van der Waals surface area contributed by atoms with Crippen LogP contribution >= 0.6 is 0 Å². The molecule has 1 aromatic rings. The Kier molecular flexibility index (Phi) is 2.62. The Hall–Kier alpha value is -0.860. The summed E-state index contributed by atoms with van der Waals surface area (Å²) in [5.41, 5.74) is 0.984. The molecule has 0 unspecified atom stereocenters. The molecule has 2 nitrogen and oxygen atoms in total. The summed E-state index contributed by atoms with van der Waals surface area (Å²) < 4.78 is 0. The topological polar surface area (TPSA) is 34.3 Å². The van der Waals surface area contributed by atoms with Crippen LogP contribution in [0.5, 0.6) is 0 Å². The van der Waals surface area contributed by atoms with Crippen LogP contribution in [0.4, 0.5) is 0 Å². The molecule has 13 heavy (non-hydrogen) atoms. The lowest BCUT2D eigenvalue weighted by Crippen LogP contribution is -2.23. The summed E-state index contributed by atoms with van der Waals surface area (Å²) in [5.74, 6) is 0. The molecule has 1 radical (unpaired) electrons. The maximum atomic E-state index is 9.93. The van der Waals surface area contributed by atoms with Gasteiger partial charge in [-0.1, -0.05) is 30.3 Å². The highest BCUT2D eigenvalue weighted by Gasteiger charge is 2.24. The third-order valence-electron chi connectivity index (χ3n) is 2.53. The highest BCUT2D eigenvalue weighted by Crippen LogP contribution is 2.23. The fourth-order valence-corrected chi connectivity index (χ4v) is 1.78. The Morgan fingerprint density at radius 2 is 2.08 bits per heavy atom. The van der Waals surface area contributed by atoms with E-state index in [0.717, 1.165) is 24.9 Å². The molecule has 1 aliphatic heterocycles. The van der Waals surface area contributed by atoms with Crippen molar-refractivity contribution in [1.82, 2.24) is 5.32 Å². The molecular weight excluding hydrogens is 162 g/mol. The van der Waals surface area contributed by atoms with E-state index in [1.807, 2.05) is 30.3 Å². The molecule has 0 amide bonds. The van der Waals surface area contributed by atoms with Crippen molar-refractivity contribution in [2.45, 2.75) is 25.0 Å². The minimum absolute atomic E-state index is 0.127. The number of rotatable bonds is 2. The monoisotopic (exact) mass is 176 g/mol. The van der Waals surface area contributed by atoms with Crippen LogP contribution in [-0.2, 0) is 0 Å². The largest absolute Gasteiger partial charge is 0.387 e. The minimum atomic E-state index is -0.399. The first kappa shape index (κ1) is 8.73. The van der Waals surface area contributed by atoms with Gasteiger partial charge in [0.15, 0.2) is 0 Å². The Balaban J connectivity index is 2.08. The van der Waals surface area contributed by atoms with Crippen LogP contribution < -0.4 is 5.32 Å². The van der Waals surface area contributed by atoms with E-state index < -0.39 is 6.10 Å². The number of hydrogen-bond acceptors (Lipinski definition) is 1. The summed E-state index contributed by atoms with van der Waals surface area (Å²) in [6.07, 6.45) is 1.74. The minimum Gasteiger partial charge on any atom is -0.387 e. The molecule has 1 fully saturated rings. The smallest absolute Gasteiger partial charge is 0.0959 e. The van der Waals surface area contributed by atoms with Gasteiger partial charge in [0, 0.05) is 6.54 Å². The summed E-state index contributed by atoms with van der Waals surface area (Å²) in [7, 11) is 0. The molecule has 1 aliphatic rings. The maximum Gasteiger partial charge on any atom is 0.0959 e. The molecular formula is C11H14NO. The van der Waals surface area contributed by atoms with Gasteiger partial charge in [0.05, 0.1) is 12.1 Å². The van der Waals surface area contributed by atoms with E-state index >= 15 is 0 Å². The highest BCUT2D eigenvalue weighted by molar-refractivity contribution is 5.19. The van der Waals surface area contributed by atoms with Gasteiger partial charge in [0.2, 0.25) is 0 Å². The van der Waals surface area contributed by atoms with Crippen LogP contribution in [0, 0.1) is 0 Å². The van der Waals surface area contributed by atoms with E-state index in [1.165, 1.54) is 0 Å². The van der Waals surface area contributed by atoms with Crippen molar-refractivity contribution in [3.05, 3.63) is 35.9 Å². The van der Waals surface area contributed by atoms with Crippen molar-refractivity contribution >= 4 is 0 Å². The number of hydrogen-bond donors (Lipinski definition) is 1. The molecule has 69 valence electrons. The molecule has 0 aliphatic carbocycles. The normalized spacial score (nSPS) is 24.5. The standard InChI is InChI=1S/C11H14NO/c13-11(10-7-4-8-12-10)9-5-2-1-3-6-9/h1-3,5-6,10-11,13H,4,7-8H2/t10-,11-/m0/s1. The lowest BCUT2D eigenvalue weighted by atomic mass is 10.0. The van der Waals surface area contributed by atoms with E-state index in [-0.39, 0.29) is 6.04 Å². The quantitative estimate of drug-likeness (QED) is 0.727. The molecule has 1 aromatic carbocycles. The van der Waals surface area contributed by atoms with Crippen LogP contribution in [0.3, 0.4) is 0 Å². The van der Waals surface area contributed by atoms with E-state index in [1.54, 1.807) is 0 Å². The predicted octanol–water partition coefficient (Wildman–Crippen LogP) is 1.49. The molecule has 2 rings (SSSR count). The molecule has 1 saturated heterocycles. The SMILES string of the molecule is O[C@@H](c1ccccc1)[C@@H]1CCC[N]1. The summed E-state index contributed by atoms with van der Waals surface area (Å²) in [5, 5.41) is 14.3. The van der Waals surface area contributed by atoms with Crippen molar-refractivity contribution in [2.24, 2.45) is 0 Å². The van der Waals surface area contributed by atoms with Crippen LogP contribution in [-0.4, -0.2) is 17.7 Å². The second kappa shape index (κ2) is 3.90. The van der Waals surface area contributed by atoms with E-state index in [0.29, 0.717) is 0 Å². The van der Waals surface area contributed by atoms with E-state index in [9.17, 15) is 5.11 Å². The fourth-order valence-electron chi connectivity index (χ4n) is 1.78. The average Bonchev–Trinajstić information content (AvgIpc) is 2.71. The Morgan fingerprint density at radius 1 is 1.31 bits per heavy atom. The molecule has 1 heterocycles. The Labute approximate surface area is 78.6 Å². The number of aliphatic hydroxyl groups excluding tert-OH is 1. The molecule has 0 spiro atoms. The summed E-state index contributed by atoms with van der Waals surface area (Å²) in [6, 6.07) is 9.91. The van der Waals surface area contributed by atoms with Gasteiger partial charge in [0.1, 0.15) is 0 Å². The van der Waals surface area contributed by atoms with Gasteiger partial charge in [-0.05, 0) is 18.4 Å². The zero-order valence-corrected chi connectivity index (χ0v) is 7.56. The third kappa shape index (κ3) is 1.90. The van der Waals surface area contributed by atoms with Crippen LogP contribution in [0.25, 0.3) is 0 Å². The second-order valence-corrected chi connectivity index (χ2v) is 3.47. The first-order valence-corrected chi connectivity index (χ1v) is 4.77. The van der Waals surface area contributed by atoms with Crippen molar-refractivity contribution in [1.29, 1.82) is 0 Å². The van der Waals surface area contributed by atoms with E-state index in [4.69, 9.17) is 0 Å². The van der Waals surface area contributed by atoms with Crippen molar-refractivity contribution in [2.75, 3.05) is 6.54 Å². The number of nitrogens with zero attached hydrogens (tertiary/aromatic N) is 1. The molecule has 2 atom stereocenters. The molecule has 1 N–H and O–H groups in total. The lowest BCUT2D eigenvalue weighted by Gasteiger charge is -2.16. The van der Waals surface area contributed by atoms with Crippen LogP contribution in [0.2, 0.25) is 0 Å². The van der Waals surface area contributed by atoms with Gasteiger partial charge < -0.3 is 5.11 Å². The van der Waals surface area contributed by atoms with Gasteiger partial charge in [-0.3, -0.25) is 0 Å². The number of aliphatic hydroxyl groups is 1. The van der Waals surface area contributed by atoms with Crippen LogP contribution in [0.15, 0.2) is 30.3 Å². The molecule has 2 heteroatoms. The van der Waals surface area contributed by atoms with Gasteiger partial charge in [-0.15, -0.1) is 0 Å². The highest BCUT2D eigenvalue weighted by atomic mass is 16.3. The lowest BCUT2D eigenvalue weighted by molar-refractivity contribution is 0.136. The first-order valence-electron chi connectivity index (χ1n) is 4.77. The van der Waals surface area contributed by atoms with Gasteiger partial charge in [-0.25, -0.2) is 5.32 Å². The van der Waals surface area contributed by atoms with Crippen molar-refractivity contribution in [3.8, 4) is 0 Å². The Morgan fingerprint density at radius 3 is 2.69 bits per heavy atom. The second-order valence-electron chi connectivity index (χ2n) is 3.47. The zero-order chi connectivity index (χ0) is 9.10. The van der Waals surface area contributed by atoms with Crippen molar-refractivity contribution in [3.63, 3.8) is 0 Å². The predicted molar refractivity (Wildman–Crippen MR) is 51.4 cm³/mol. The molecule has 0 bridgehead atoms. The van der Waals surface area contributed by atoms with Crippen molar-refractivity contribution < 1.29 is 5.11 Å². The van der Waals surface area contributed by atoms with Crippen LogP contribution in [0.1, 0.15) is 24.5 Å². The first-order chi connectivity index (χ1) is 6.38. The van der Waals surface area contributed by atoms with Gasteiger partial charge in [-0.2, -0.15) is 0 Å². The average molecular weight is 176 g/mol. The third-order valence-corrected chi connectivity index (χ3v) is 2.53. The van der Waals surface area contributed by atoms with E-state index in [2.05, 4.69) is 5.32 Å². The maximum absolute atomic E-state index is 9.93. The van der Waals surface area contributed by atoms with Gasteiger partial charge in [0.25, 0.3) is 0 Å². The molecule has 0 aromatic heterocycles. The summed E-state index contributed by atoms with van der Waals surface area (Å²) in [6.45, 7) is 0.911. The fraction of sp³-hybridized carbons (Fsp3) is 0.455. The summed E-state index contributed by atoms with van der Waals surface area (Å²) >= 11 is 0.